The second kappa shape index (κ2) is 4.34. The molecule has 0 N–H and O–H groups in total. The van der Waals surface area contributed by atoms with E-state index in [0.717, 1.165) is 23.6 Å². The molecular formula is C14H15ClO. The molecule has 1 aromatic rings. The first kappa shape index (κ1) is 11.3. The Hall–Kier alpha value is -1.21. The van der Waals surface area contributed by atoms with Gasteiger partial charge in [0.05, 0.1) is 0 Å². The van der Waals surface area contributed by atoms with Crippen LogP contribution in [0.4, 0.5) is 0 Å². The Kier molecular flexibility index (Phi) is 3.06. The number of fused-ring (bicyclic) bond motifs is 1. The normalized spacial score (nSPS) is 23.9. The summed E-state index contributed by atoms with van der Waals surface area (Å²) in [5.74, 6) is 0.937. The van der Waals surface area contributed by atoms with Crippen LogP contribution in [0.1, 0.15) is 18.9 Å². The molecule has 1 aromatic carbocycles. The second-order valence-electron chi connectivity index (χ2n) is 4.26. The number of hydrogen-bond acceptors (Lipinski definition) is 1. The molecule has 16 heavy (non-hydrogen) atoms. The minimum absolute atomic E-state index is 0.227. The maximum absolute atomic E-state index is 5.98. The van der Waals surface area contributed by atoms with Crippen molar-refractivity contribution in [2.75, 3.05) is 0 Å². The lowest BCUT2D eigenvalue weighted by Gasteiger charge is -2.33. The number of allylic oxidation sites excluding steroid dienone is 2. The van der Waals surface area contributed by atoms with Crippen molar-refractivity contribution in [1.29, 1.82) is 0 Å². The second-order valence-corrected chi connectivity index (χ2v) is 4.70. The quantitative estimate of drug-likeness (QED) is 0.698. The molecule has 0 bridgehead atoms. The standard InChI is InChI=1S/C14H15ClO/c1-3-4-8-14(2)9-7-11-10-12(15)5-6-13(11)16-14/h3-6,8,10H,1,7,9H2,2H3/b8-4+/t14-/m1/s1. The summed E-state index contributed by atoms with van der Waals surface area (Å²) in [5, 5.41) is 0.771. The van der Waals surface area contributed by atoms with Crippen LogP contribution in [0.3, 0.4) is 0 Å². The third kappa shape index (κ3) is 2.30. The molecule has 1 atom stereocenters. The van der Waals surface area contributed by atoms with Crippen molar-refractivity contribution in [2.45, 2.75) is 25.4 Å². The average molecular weight is 235 g/mol. The van der Waals surface area contributed by atoms with Crippen molar-refractivity contribution in [3.8, 4) is 5.75 Å². The van der Waals surface area contributed by atoms with Crippen LogP contribution in [0.2, 0.25) is 5.02 Å². The zero-order chi connectivity index (χ0) is 11.6. The molecule has 0 radical (unpaired) electrons. The van der Waals surface area contributed by atoms with E-state index in [1.165, 1.54) is 5.56 Å². The minimum atomic E-state index is -0.227. The number of benzene rings is 1. The van der Waals surface area contributed by atoms with Gasteiger partial charge in [0, 0.05) is 5.02 Å². The summed E-state index contributed by atoms with van der Waals surface area (Å²) < 4.78 is 5.98. The van der Waals surface area contributed by atoms with Gasteiger partial charge in [-0.25, -0.2) is 0 Å². The van der Waals surface area contributed by atoms with Gasteiger partial charge in [-0.1, -0.05) is 30.3 Å². The Labute approximate surface area is 101 Å². The highest BCUT2D eigenvalue weighted by atomic mass is 35.5. The Morgan fingerprint density at radius 2 is 2.31 bits per heavy atom. The SMILES string of the molecule is C=C/C=C/[C@]1(C)CCc2cc(Cl)ccc2O1. The molecule has 1 heterocycles. The number of ether oxygens (including phenoxy) is 1. The van der Waals surface area contributed by atoms with Crippen molar-refractivity contribution >= 4 is 11.6 Å². The molecule has 2 rings (SSSR count). The summed E-state index contributed by atoms with van der Waals surface area (Å²) >= 11 is 5.95. The number of halogens is 1. The van der Waals surface area contributed by atoms with Gasteiger partial charge in [-0.15, -0.1) is 0 Å². The molecule has 1 nitrogen and oxygen atoms in total. The molecule has 0 aliphatic carbocycles. The molecule has 0 fully saturated rings. The van der Waals surface area contributed by atoms with Crippen molar-refractivity contribution in [3.05, 3.63) is 53.6 Å². The highest BCUT2D eigenvalue weighted by Crippen LogP contribution is 2.35. The fourth-order valence-electron chi connectivity index (χ4n) is 1.92. The van der Waals surface area contributed by atoms with Crippen molar-refractivity contribution in [2.24, 2.45) is 0 Å². The minimum Gasteiger partial charge on any atom is -0.483 e. The molecule has 0 spiro atoms. The molecule has 2 heteroatoms. The van der Waals surface area contributed by atoms with Crippen LogP contribution in [-0.4, -0.2) is 5.60 Å². The average Bonchev–Trinajstić information content (AvgIpc) is 2.27. The molecule has 0 saturated carbocycles. The molecule has 1 aliphatic heterocycles. The third-order valence-electron chi connectivity index (χ3n) is 2.84. The van der Waals surface area contributed by atoms with E-state index in [1.54, 1.807) is 6.08 Å². The van der Waals surface area contributed by atoms with Crippen LogP contribution in [0.25, 0.3) is 0 Å². The number of hydrogen-bond donors (Lipinski definition) is 0. The van der Waals surface area contributed by atoms with Gasteiger partial charge in [0.2, 0.25) is 0 Å². The monoisotopic (exact) mass is 234 g/mol. The lowest BCUT2D eigenvalue weighted by atomic mass is 9.92. The fourth-order valence-corrected chi connectivity index (χ4v) is 2.11. The molecule has 1 aliphatic rings. The van der Waals surface area contributed by atoms with Gasteiger partial charge in [-0.3, -0.25) is 0 Å². The summed E-state index contributed by atoms with van der Waals surface area (Å²) in [6.07, 6.45) is 7.71. The van der Waals surface area contributed by atoms with Crippen LogP contribution < -0.4 is 4.74 Å². The molecule has 0 aromatic heterocycles. The van der Waals surface area contributed by atoms with Crippen molar-refractivity contribution in [1.82, 2.24) is 0 Å². The van der Waals surface area contributed by atoms with Gasteiger partial charge >= 0.3 is 0 Å². The fraction of sp³-hybridized carbons (Fsp3) is 0.286. The predicted octanol–water partition coefficient (Wildman–Crippen LogP) is 4.17. The first-order valence-electron chi connectivity index (χ1n) is 5.41. The molecular weight excluding hydrogens is 220 g/mol. The first-order valence-corrected chi connectivity index (χ1v) is 5.78. The van der Waals surface area contributed by atoms with E-state index in [1.807, 2.05) is 24.3 Å². The van der Waals surface area contributed by atoms with Crippen LogP contribution in [0.5, 0.6) is 5.75 Å². The summed E-state index contributed by atoms with van der Waals surface area (Å²) in [7, 11) is 0. The van der Waals surface area contributed by atoms with Crippen LogP contribution >= 0.6 is 11.6 Å². The Balaban J connectivity index is 2.26. The number of aryl methyl sites for hydroxylation is 1. The highest BCUT2D eigenvalue weighted by Gasteiger charge is 2.28. The van der Waals surface area contributed by atoms with Crippen molar-refractivity contribution < 1.29 is 4.74 Å². The van der Waals surface area contributed by atoms with E-state index in [0.29, 0.717) is 0 Å². The van der Waals surface area contributed by atoms with E-state index in [9.17, 15) is 0 Å². The maximum atomic E-state index is 5.98. The Morgan fingerprint density at radius 1 is 1.50 bits per heavy atom. The Bertz CT molecular complexity index is 436. The molecule has 0 saturated heterocycles. The third-order valence-corrected chi connectivity index (χ3v) is 3.08. The summed E-state index contributed by atoms with van der Waals surface area (Å²) in [5.41, 5.74) is 0.964. The maximum Gasteiger partial charge on any atom is 0.125 e. The van der Waals surface area contributed by atoms with Crippen LogP contribution in [-0.2, 0) is 6.42 Å². The van der Waals surface area contributed by atoms with Gasteiger partial charge < -0.3 is 4.74 Å². The predicted molar refractivity (Wildman–Crippen MR) is 68.1 cm³/mol. The first-order chi connectivity index (χ1) is 7.63. The van der Waals surface area contributed by atoms with Gasteiger partial charge in [-0.05, 0) is 49.6 Å². The van der Waals surface area contributed by atoms with Crippen LogP contribution in [0, 0.1) is 0 Å². The molecule has 0 amide bonds. The van der Waals surface area contributed by atoms with Gasteiger partial charge in [-0.2, -0.15) is 0 Å². The van der Waals surface area contributed by atoms with E-state index < -0.39 is 0 Å². The van der Waals surface area contributed by atoms with E-state index >= 15 is 0 Å². The number of rotatable bonds is 2. The van der Waals surface area contributed by atoms with E-state index in [4.69, 9.17) is 16.3 Å². The van der Waals surface area contributed by atoms with Crippen LogP contribution in [0.15, 0.2) is 43.0 Å². The summed E-state index contributed by atoms with van der Waals surface area (Å²) in [4.78, 5) is 0. The summed E-state index contributed by atoms with van der Waals surface area (Å²) in [6.45, 7) is 5.76. The smallest absolute Gasteiger partial charge is 0.125 e. The van der Waals surface area contributed by atoms with Gasteiger partial charge in [0.1, 0.15) is 11.4 Å². The van der Waals surface area contributed by atoms with E-state index in [2.05, 4.69) is 19.6 Å². The van der Waals surface area contributed by atoms with E-state index in [-0.39, 0.29) is 5.60 Å². The lowest BCUT2D eigenvalue weighted by molar-refractivity contribution is 0.114. The largest absolute Gasteiger partial charge is 0.483 e. The van der Waals surface area contributed by atoms with Gasteiger partial charge in [0.25, 0.3) is 0 Å². The molecule has 84 valence electrons. The van der Waals surface area contributed by atoms with Gasteiger partial charge in [0.15, 0.2) is 0 Å². The molecule has 0 unspecified atom stereocenters. The summed E-state index contributed by atoms with van der Waals surface area (Å²) in [6, 6.07) is 5.79. The zero-order valence-corrected chi connectivity index (χ0v) is 10.1. The highest BCUT2D eigenvalue weighted by molar-refractivity contribution is 6.30. The zero-order valence-electron chi connectivity index (χ0n) is 9.37. The topological polar surface area (TPSA) is 9.23 Å². The van der Waals surface area contributed by atoms with Crippen molar-refractivity contribution in [3.63, 3.8) is 0 Å². The Morgan fingerprint density at radius 3 is 3.06 bits per heavy atom. The lowest BCUT2D eigenvalue weighted by Crippen LogP contribution is -2.34.